The van der Waals surface area contributed by atoms with Crippen molar-refractivity contribution in [3.63, 3.8) is 0 Å². The lowest BCUT2D eigenvalue weighted by Gasteiger charge is -2.13. The number of carbonyl (C=O) groups excluding carboxylic acids is 1. The molecule has 0 saturated carbocycles. The van der Waals surface area contributed by atoms with E-state index in [1.54, 1.807) is 24.8 Å². The van der Waals surface area contributed by atoms with Gasteiger partial charge in [-0.25, -0.2) is 9.59 Å². The number of urea groups is 1. The predicted octanol–water partition coefficient (Wildman–Crippen LogP) is 2.49. The molecule has 0 saturated heterocycles. The molecule has 2 amide bonds. The smallest absolute Gasteiger partial charge is 0.337 e. The highest BCUT2D eigenvalue weighted by molar-refractivity contribution is 7.98. The van der Waals surface area contributed by atoms with Gasteiger partial charge in [-0.2, -0.15) is 11.8 Å². The van der Waals surface area contributed by atoms with Gasteiger partial charge in [0.1, 0.15) is 0 Å². The van der Waals surface area contributed by atoms with Crippen LogP contribution in [0.25, 0.3) is 0 Å². The molecule has 0 aliphatic carbocycles. The molecule has 0 aliphatic heterocycles. The van der Waals surface area contributed by atoms with Crippen molar-refractivity contribution in [3.8, 4) is 0 Å². The Balaban J connectivity index is 2.88. The second-order valence-corrected chi connectivity index (χ2v) is 5.17. The summed E-state index contributed by atoms with van der Waals surface area (Å²) in [6, 6.07) is 3.00. The number of carboxylic acid groups (broad SMARTS) is 1. The zero-order valence-electron chi connectivity index (χ0n) is 11.2. The van der Waals surface area contributed by atoms with Gasteiger partial charge in [-0.15, -0.1) is 0 Å². The number of nitrogens with one attached hydrogen (secondary N) is 2. The number of hydrogen-bond acceptors (Lipinski definition) is 3. The van der Waals surface area contributed by atoms with Crippen molar-refractivity contribution in [2.24, 2.45) is 0 Å². The molecule has 0 fully saturated rings. The lowest BCUT2D eigenvalue weighted by molar-refractivity contribution is 0.0698. The summed E-state index contributed by atoms with van der Waals surface area (Å²) in [5, 5.41) is 14.4. The van der Waals surface area contributed by atoms with Gasteiger partial charge in [0.05, 0.1) is 11.3 Å². The van der Waals surface area contributed by atoms with Crippen molar-refractivity contribution in [1.29, 1.82) is 0 Å². The van der Waals surface area contributed by atoms with Gasteiger partial charge in [-0.05, 0) is 37.3 Å². The molecule has 104 valence electrons. The molecule has 0 unspecified atom stereocenters. The van der Waals surface area contributed by atoms with E-state index in [0.29, 0.717) is 12.2 Å². The molecular weight excluding hydrogens is 264 g/mol. The first-order valence-corrected chi connectivity index (χ1v) is 7.23. The third kappa shape index (κ3) is 4.48. The van der Waals surface area contributed by atoms with Crippen LogP contribution in [-0.2, 0) is 0 Å². The minimum absolute atomic E-state index is 0.109. The number of aromatic carboxylic acids is 1. The van der Waals surface area contributed by atoms with Gasteiger partial charge in [0.25, 0.3) is 0 Å². The lowest BCUT2D eigenvalue weighted by atomic mass is 10.0. The number of hydrogen-bond donors (Lipinski definition) is 3. The predicted molar refractivity (Wildman–Crippen MR) is 78.3 cm³/mol. The van der Waals surface area contributed by atoms with Crippen LogP contribution in [0.5, 0.6) is 0 Å². The van der Waals surface area contributed by atoms with Crippen molar-refractivity contribution in [3.05, 3.63) is 28.8 Å². The summed E-state index contributed by atoms with van der Waals surface area (Å²) in [6.07, 6.45) is 1.95. The SMILES string of the molecule is CSCCNC(=O)Nc1c(C)cc(C)cc1C(=O)O. The zero-order valence-corrected chi connectivity index (χ0v) is 12.1. The molecule has 0 radical (unpaired) electrons. The van der Waals surface area contributed by atoms with E-state index in [2.05, 4.69) is 10.6 Å². The fourth-order valence-electron chi connectivity index (χ4n) is 1.73. The first-order valence-electron chi connectivity index (χ1n) is 5.84. The van der Waals surface area contributed by atoms with E-state index in [1.165, 1.54) is 0 Å². The quantitative estimate of drug-likeness (QED) is 0.725. The summed E-state index contributed by atoms with van der Waals surface area (Å²) in [4.78, 5) is 22.9. The molecule has 1 aromatic rings. The number of thioether (sulfide) groups is 1. The fraction of sp³-hybridized carbons (Fsp3) is 0.385. The molecule has 19 heavy (non-hydrogen) atoms. The summed E-state index contributed by atoms with van der Waals surface area (Å²) in [6.45, 7) is 4.14. The van der Waals surface area contributed by atoms with Crippen molar-refractivity contribution < 1.29 is 14.7 Å². The monoisotopic (exact) mass is 282 g/mol. The number of rotatable bonds is 5. The number of anilines is 1. The highest BCUT2D eigenvalue weighted by Gasteiger charge is 2.15. The van der Waals surface area contributed by atoms with Gasteiger partial charge < -0.3 is 15.7 Å². The molecule has 0 bridgehead atoms. The van der Waals surface area contributed by atoms with Crippen LogP contribution in [0.2, 0.25) is 0 Å². The van der Waals surface area contributed by atoms with Crippen molar-refractivity contribution in [1.82, 2.24) is 5.32 Å². The molecule has 1 aromatic carbocycles. The maximum atomic E-state index is 11.7. The Morgan fingerprint density at radius 3 is 2.58 bits per heavy atom. The van der Waals surface area contributed by atoms with Gasteiger partial charge in [-0.3, -0.25) is 0 Å². The Labute approximate surface area is 116 Å². The van der Waals surface area contributed by atoms with E-state index in [9.17, 15) is 9.59 Å². The van der Waals surface area contributed by atoms with E-state index in [0.717, 1.165) is 16.9 Å². The third-order valence-electron chi connectivity index (χ3n) is 2.54. The Kier molecular flexibility index (Phi) is 5.69. The maximum absolute atomic E-state index is 11.7. The first-order chi connectivity index (χ1) is 8.95. The number of carboxylic acids is 1. The van der Waals surface area contributed by atoms with Gasteiger partial charge in [0, 0.05) is 12.3 Å². The summed E-state index contributed by atoms with van der Waals surface area (Å²) >= 11 is 1.63. The summed E-state index contributed by atoms with van der Waals surface area (Å²) in [5.74, 6) is -0.238. The molecule has 0 aliphatic rings. The standard InChI is InChI=1S/C13H18N2O3S/c1-8-6-9(2)11(10(7-8)12(16)17)15-13(18)14-4-5-19-3/h6-7H,4-5H2,1-3H3,(H,16,17)(H2,14,15,18). The van der Waals surface area contributed by atoms with Crippen LogP contribution >= 0.6 is 11.8 Å². The molecule has 6 heteroatoms. The van der Waals surface area contributed by atoms with E-state index < -0.39 is 5.97 Å². The van der Waals surface area contributed by atoms with Crippen LogP contribution in [0.15, 0.2) is 12.1 Å². The normalized spacial score (nSPS) is 10.1. The van der Waals surface area contributed by atoms with Gasteiger partial charge in [0.15, 0.2) is 0 Å². The minimum atomic E-state index is -1.05. The Bertz CT molecular complexity index is 489. The molecule has 5 nitrogen and oxygen atoms in total. The number of benzene rings is 1. The second-order valence-electron chi connectivity index (χ2n) is 4.18. The van der Waals surface area contributed by atoms with E-state index in [4.69, 9.17) is 5.11 Å². The van der Waals surface area contributed by atoms with Crippen LogP contribution in [0.4, 0.5) is 10.5 Å². The van der Waals surface area contributed by atoms with Crippen LogP contribution in [0.1, 0.15) is 21.5 Å². The number of amides is 2. The van der Waals surface area contributed by atoms with Gasteiger partial charge in [0.2, 0.25) is 0 Å². The highest BCUT2D eigenvalue weighted by Crippen LogP contribution is 2.22. The average Bonchev–Trinajstić information content (AvgIpc) is 2.32. The minimum Gasteiger partial charge on any atom is -0.478 e. The Morgan fingerprint density at radius 1 is 1.32 bits per heavy atom. The van der Waals surface area contributed by atoms with Crippen LogP contribution in [0, 0.1) is 13.8 Å². The topological polar surface area (TPSA) is 78.4 Å². The Morgan fingerprint density at radius 2 is 2.00 bits per heavy atom. The molecule has 3 N–H and O–H groups in total. The fourth-order valence-corrected chi connectivity index (χ4v) is 2.03. The lowest BCUT2D eigenvalue weighted by Crippen LogP contribution is -2.31. The summed E-state index contributed by atoms with van der Waals surface area (Å²) in [7, 11) is 0. The first kappa shape index (κ1) is 15.4. The number of aryl methyl sites for hydroxylation is 2. The van der Waals surface area contributed by atoms with Crippen molar-refractivity contribution >= 4 is 29.4 Å². The highest BCUT2D eigenvalue weighted by atomic mass is 32.2. The molecule has 0 spiro atoms. The zero-order chi connectivity index (χ0) is 14.4. The molecular formula is C13H18N2O3S. The van der Waals surface area contributed by atoms with Gasteiger partial charge in [-0.1, -0.05) is 6.07 Å². The summed E-state index contributed by atoms with van der Waals surface area (Å²) < 4.78 is 0. The molecule has 0 aromatic heterocycles. The second kappa shape index (κ2) is 7.04. The van der Waals surface area contributed by atoms with Crippen LogP contribution in [0.3, 0.4) is 0 Å². The Hall–Kier alpha value is -1.69. The molecule has 1 rings (SSSR count). The van der Waals surface area contributed by atoms with E-state index in [-0.39, 0.29) is 11.6 Å². The van der Waals surface area contributed by atoms with Crippen LogP contribution < -0.4 is 10.6 Å². The largest absolute Gasteiger partial charge is 0.478 e. The average molecular weight is 282 g/mol. The van der Waals surface area contributed by atoms with Crippen molar-refractivity contribution in [2.75, 3.05) is 23.9 Å². The van der Waals surface area contributed by atoms with Gasteiger partial charge >= 0.3 is 12.0 Å². The van der Waals surface area contributed by atoms with Crippen molar-refractivity contribution in [2.45, 2.75) is 13.8 Å². The summed E-state index contributed by atoms with van der Waals surface area (Å²) in [5.41, 5.74) is 2.04. The van der Waals surface area contributed by atoms with E-state index >= 15 is 0 Å². The third-order valence-corrected chi connectivity index (χ3v) is 3.15. The molecule has 0 atom stereocenters. The van der Waals surface area contributed by atoms with Crippen LogP contribution in [-0.4, -0.2) is 35.7 Å². The maximum Gasteiger partial charge on any atom is 0.337 e. The molecule has 0 heterocycles. The number of carbonyl (C=O) groups is 2. The van der Waals surface area contributed by atoms with E-state index in [1.807, 2.05) is 19.2 Å².